The maximum Gasteiger partial charge on any atom is 0.231 e. The fraction of sp³-hybridized carbons (Fsp3) is 0.263. The molecule has 7 nitrogen and oxygen atoms in total. The Labute approximate surface area is 160 Å². The second-order valence-electron chi connectivity index (χ2n) is 5.90. The minimum atomic E-state index is -0.184. The molecule has 1 amide bonds. The topological polar surface area (TPSA) is 101 Å². The van der Waals surface area contributed by atoms with Crippen molar-refractivity contribution in [3.8, 4) is 17.6 Å². The molecule has 0 unspecified atom stereocenters. The summed E-state index contributed by atoms with van der Waals surface area (Å²) >= 11 is 1.17. The molecule has 3 rings (SSSR count). The molecule has 1 aliphatic heterocycles. The van der Waals surface area contributed by atoms with Gasteiger partial charge in [-0.3, -0.25) is 9.59 Å². The van der Waals surface area contributed by atoms with Crippen molar-refractivity contribution in [2.75, 3.05) is 12.5 Å². The number of thioether (sulfide) groups is 1. The van der Waals surface area contributed by atoms with Crippen molar-refractivity contribution in [3.63, 3.8) is 0 Å². The molecule has 138 valence electrons. The smallest absolute Gasteiger partial charge is 0.231 e. The van der Waals surface area contributed by atoms with Crippen LogP contribution in [0.3, 0.4) is 0 Å². The summed E-state index contributed by atoms with van der Waals surface area (Å²) < 4.78 is 10.6. The lowest BCUT2D eigenvalue weighted by atomic mass is 10.1. The number of hydrogen-bond donors (Lipinski definition) is 1. The number of nitrogens with one attached hydrogen (secondary N) is 1. The van der Waals surface area contributed by atoms with Crippen molar-refractivity contribution in [2.45, 2.75) is 25.4 Å². The van der Waals surface area contributed by atoms with Gasteiger partial charge in [-0.05, 0) is 37.6 Å². The highest BCUT2D eigenvalue weighted by molar-refractivity contribution is 8.00. The van der Waals surface area contributed by atoms with E-state index in [9.17, 15) is 14.9 Å². The highest BCUT2D eigenvalue weighted by Gasteiger charge is 2.15. The number of benzene rings is 1. The SMILES string of the molecule is CC(=O)c1cc(C#N)c(SCC(=O)NCc2ccc3c(c2)OCO3)nc1C. The number of carbonyl (C=O) groups is 2. The van der Waals surface area contributed by atoms with Gasteiger partial charge in [-0.15, -0.1) is 0 Å². The van der Waals surface area contributed by atoms with Crippen molar-refractivity contribution in [1.29, 1.82) is 5.26 Å². The summed E-state index contributed by atoms with van der Waals surface area (Å²) in [5.41, 5.74) is 2.15. The molecule has 1 aromatic heterocycles. The Kier molecular flexibility index (Phi) is 5.62. The van der Waals surface area contributed by atoms with Crippen LogP contribution in [0, 0.1) is 18.3 Å². The van der Waals surface area contributed by atoms with E-state index in [-0.39, 0.29) is 24.2 Å². The van der Waals surface area contributed by atoms with Crippen LogP contribution in [0.15, 0.2) is 29.3 Å². The lowest BCUT2D eigenvalue weighted by Gasteiger charge is -2.09. The second-order valence-corrected chi connectivity index (χ2v) is 6.86. The molecule has 0 saturated carbocycles. The first-order valence-corrected chi connectivity index (χ1v) is 9.17. The first kappa shape index (κ1) is 18.7. The number of pyridine rings is 1. The van der Waals surface area contributed by atoms with Gasteiger partial charge in [-0.2, -0.15) is 5.26 Å². The predicted molar refractivity (Wildman–Crippen MR) is 98.8 cm³/mol. The zero-order valence-electron chi connectivity index (χ0n) is 14.9. The first-order chi connectivity index (χ1) is 13.0. The van der Waals surface area contributed by atoms with Crippen LogP contribution >= 0.6 is 11.8 Å². The molecule has 1 aromatic carbocycles. The fourth-order valence-electron chi connectivity index (χ4n) is 2.57. The van der Waals surface area contributed by atoms with Gasteiger partial charge in [0.2, 0.25) is 12.7 Å². The van der Waals surface area contributed by atoms with Crippen LogP contribution in [-0.2, 0) is 11.3 Å². The molecule has 8 heteroatoms. The summed E-state index contributed by atoms with van der Waals surface area (Å²) in [6.45, 7) is 3.71. The second kappa shape index (κ2) is 8.10. The van der Waals surface area contributed by atoms with E-state index < -0.39 is 0 Å². The number of ether oxygens (including phenoxy) is 2. The third-order valence-corrected chi connectivity index (χ3v) is 4.94. The lowest BCUT2D eigenvalue weighted by molar-refractivity contribution is -0.118. The number of aromatic nitrogens is 1. The minimum absolute atomic E-state index is 0.116. The Bertz CT molecular complexity index is 953. The van der Waals surface area contributed by atoms with Crippen molar-refractivity contribution < 1.29 is 19.1 Å². The fourth-order valence-corrected chi connectivity index (χ4v) is 3.40. The van der Waals surface area contributed by atoms with Crippen LogP contribution in [0.5, 0.6) is 11.5 Å². The summed E-state index contributed by atoms with van der Waals surface area (Å²) in [6, 6.07) is 9.05. The van der Waals surface area contributed by atoms with Crippen LogP contribution < -0.4 is 14.8 Å². The van der Waals surface area contributed by atoms with Crippen molar-refractivity contribution >= 4 is 23.5 Å². The summed E-state index contributed by atoms with van der Waals surface area (Å²) in [5.74, 6) is 1.15. The summed E-state index contributed by atoms with van der Waals surface area (Å²) in [6.07, 6.45) is 0. The first-order valence-electron chi connectivity index (χ1n) is 8.18. The van der Waals surface area contributed by atoms with Gasteiger partial charge in [0.15, 0.2) is 17.3 Å². The lowest BCUT2D eigenvalue weighted by Crippen LogP contribution is -2.24. The van der Waals surface area contributed by atoms with E-state index in [0.29, 0.717) is 39.9 Å². The molecule has 0 fully saturated rings. The highest BCUT2D eigenvalue weighted by Crippen LogP contribution is 2.32. The van der Waals surface area contributed by atoms with Crippen molar-refractivity contribution in [3.05, 3.63) is 46.6 Å². The number of fused-ring (bicyclic) bond motifs is 1. The molecular formula is C19H17N3O4S. The molecule has 1 aliphatic rings. The molecule has 27 heavy (non-hydrogen) atoms. The van der Waals surface area contributed by atoms with Crippen molar-refractivity contribution in [1.82, 2.24) is 10.3 Å². The number of rotatable bonds is 6. The van der Waals surface area contributed by atoms with Gasteiger partial charge in [0, 0.05) is 17.8 Å². The van der Waals surface area contributed by atoms with E-state index in [2.05, 4.69) is 10.3 Å². The molecule has 2 heterocycles. The maximum atomic E-state index is 12.1. The summed E-state index contributed by atoms with van der Waals surface area (Å²) in [4.78, 5) is 28.0. The van der Waals surface area contributed by atoms with Crippen LogP contribution in [0.1, 0.15) is 34.1 Å². The van der Waals surface area contributed by atoms with Crippen LogP contribution in [-0.4, -0.2) is 29.2 Å². The zero-order valence-corrected chi connectivity index (χ0v) is 15.7. The molecule has 1 N–H and O–H groups in total. The Morgan fingerprint density at radius 3 is 2.81 bits per heavy atom. The highest BCUT2D eigenvalue weighted by atomic mass is 32.2. The molecular weight excluding hydrogens is 366 g/mol. The third-order valence-electron chi connectivity index (χ3n) is 3.94. The number of ketones is 1. The normalized spacial score (nSPS) is 11.7. The van der Waals surface area contributed by atoms with Gasteiger partial charge in [0.25, 0.3) is 0 Å². The Hall–Kier alpha value is -3.05. The van der Waals surface area contributed by atoms with Crippen LogP contribution in [0.4, 0.5) is 0 Å². The van der Waals surface area contributed by atoms with E-state index in [0.717, 1.165) is 5.56 Å². The van der Waals surface area contributed by atoms with E-state index in [1.165, 1.54) is 24.8 Å². The Morgan fingerprint density at radius 2 is 2.07 bits per heavy atom. The molecule has 0 atom stereocenters. The average Bonchev–Trinajstić information content (AvgIpc) is 3.12. The van der Waals surface area contributed by atoms with Crippen LogP contribution in [0.2, 0.25) is 0 Å². The molecule has 0 aliphatic carbocycles. The number of nitriles is 1. The maximum absolute atomic E-state index is 12.1. The van der Waals surface area contributed by atoms with Crippen molar-refractivity contribution in [2.24, 2.45) is 0 Å². The Morgan fingerprint density at radius 1 is 1.30 bits per heavy atom. The number of nitrogens with zero attached hydrogens (tertiary/aromatic N) is 2. The largest absolute Gasteiger partial charge is 0.454 e. The van der Waals surface area contributed by atoms with Gasteiger partial charge in [0.05, 0.1) is 11.3 Å². The van der Waals surface area contributed by atoms with Gasteiger partial charge in [0.1, 0.15) is 11.1 Å². The predicted octanol–water partition coefficient (Wildman–Crippen LogP) is 2.60. The zero-order chi connectivity index (χ0) is 19.4. The van der Waals surface area contributed by atoms with Gasteiger partial charge in [-0.1, -0.05) is 17.8 Å². The van der Waals surface area contributed by atoms with Gasteiger partial charge < -0.3 is 14.8 Å². The molecule has 0 bridgehead atoms. The molecule has 0 radical (unpaired) electrons. The Balaban J connectivity index is 1.58. The van der Waals surface area contributed by atoms with Crippen LogP contribution in [0.25, 0.3) is 0 Å². The summed E-state index contributed by atoms with van der Waals surface area (Å²) in [7, 11) is 0. The van der Waals surface area contributed by atoms with E-state index in [1.54, 1.807) is 13.0 Å². The van der Waals surface area contributed by atoms with E-state index in [1.807, 2.05) is 18.2 Å². The van der Waals surface area contributed by atoms with E-state index >= 15 is 0 Å². The number of hydrogen-bond acceptors (Lipinski definition) is 7. The number of aryl methyl sites for hydroxylation is 1. The standard InChI is InChI=1S/C19H17N3O4S/c1-11-15(12(2)23)6-14(7-20)19(22-11)27-9-18(24)21-8-13-3-4-16-17(5-13)26-10-25-16/h3-6H,8-10H2,1-2H3,(H,21,24). The quantitative estimate of drug-likeness (QED) is 0.604. The third kappa shape index (κ3) is 4.38. The molecule has 0 spiro atoms. The number of carbonyl (C=O) groups excluding carboxylic acids is 2. The molecule has 2 aromatic rings. The van der Waals surface area contributed by atoms with E-state index in [4.69, 9.17) is 9.47 Å². The number of amides is 1. The monoisotopic (exact) mass is 383 g/mol. The molecule has 0 saturated heterocycles. The van der Waals surface area contributed by atoms with Gasteiger partial charge in [-0.25, -0.2) is 4.98 Å². The number of Topliss-reactive ketones (excluding diaryl/α,β-unsaturated/α-hetero) is 1. The minimum Gasteiger partial charge on any atom is -0.454 e. The van der Waals surface area contributed by atoms with Gasteiger partial charge >= 0.3 is 0 Å². The average molecular weight is 383 g/mol. The summed E-state index contributed by atoms with van der Waals surface area (Å²) in [5, 5.41) is 12.5.